The number of phenols is 1. The predicted octanol–water partition coefficient (Wildman–Crippen LogP) is 1.95. The molecular formula is C9H7ClO4. The molecule has 2 N–H and O–H groups in total. The van der Waals surface area contributed by atoms with Crippen LogP contribution in [0, 0.1) is 0 Å². The van der Waals surface area contributed by atoms with E-state index in [1.807, 2.05) is 0 Å². The SMILES string of the molecule is CC(=O)c1ccc(C(=O)O)c(Cl)c1O. The van der Waals surface area contributed by atoms with Crippen molar-refractivity contribution in [2.75, 3.05) is 0 Å². The fourth-order valence-electron chi connectivity index (χ4n) is 1.01. The van der Waals surface area contributed by atoms with Crippen LogP contribution in [0.1, 0.15) is 27.6 Å². The Morgan fingerprint density at radius 3 is 2.21 bits per heavy atom. The zero-order chi connectivity index (χ0) is 10.9. The molecule has 5 heteroatoms. The number of halogens is 1. The Balaban J connectivity index is 3.41. The van der Waals surface area contributed by atoms with E-state index in [0.29, 0.717) is 0 Å². The van der Waals surface area contributed by atoms with E-state index in [4.69, 9.17) is 16.7 Å². The minimum absolute atomic E-state index is 0.0139. The summed E-state index contributed by atoms with van der Waals surface area (Å²) in [5, 5.41) is 17.7. The van der Waals surface area contributed by atoms with Crippen LogP contribution >= 0.6 is 11.6 Å². The molecular weight excluding hydrogens is 208 g/mol. The number of carboxylic acid groups (broad SMARTS) is 1. The minimum Gasteiger partial charge on any atom is -0.506 e. The summed E-state index contributed by atoms with van der Waals surface area (Å²) in [6, 6.07) is 2.41. The number of hydrogen-bond acceptors (Lipinski definition) is 3. The van der Waals surface area contributed by atoms with Gasteiger partial charge in [-0.2, -0.15) is 0 Å². The summed E-state index contributed by atoms with van der Waals surface area (Å²) in [4.78, 5) is 21.5. The van der Waals surface area contributed by atoms with Crippen molar-refractivity contribution in [2.24, 2.45) is 0 Å². The van der Waals surface area contributed by atoms with Gasteiger partial charge in [0.05, 0.1) is 16.1 Å². The fourth-order valence-corrected chi connectivity index (χ4v) is 1.26. The highest BCUT2D eigenvalue weighted by atomic mass is 35.5. The Morgan fingerprint density at radius 2 is 1.79 bits per heavy atom. The molecule has 1 aromatic carbocycles. The molecule has 0 saturated heterocycles. The number of aromatic hydroxyl groups is 1. The van der Waals surface area contributed by atoms with Gasteiger partial charge in [-0.1, -0.05) is 11.6 Å². The second-order valence-corrected chi connectivity index (χ2v) is 3.06. The standard InChI is InChI=1S/C9H7ClO4/c1-4(11)5-2-3-6(9(13)14)7(10)8(5)12/h2-3,12H,1H3,(H,13,14). The molecule has 14 heavy (non-hydrogen) atoms. The summed E-state index contributed by atoms with van der Waals surface area (Å²) in [5.74, 6) is -2.11. The average Bonchev–Trinajstić information content (AvgIpc) is 2.08. The normalized spacial score (nSPS) is 9.86. The molecule has 0 atom stereocenters. The van der Waals surface area contributed by atoms with E-state index in [1.165, 1.54) is 19.1 Å². The molecule has 1 aromatic rings. The van der Waals surface area contributed by atoms with Crippen LogP contribution in [0.2, 0.25) is 5.02 Å². The van der Waals surface area contributed by atoms with Crippen molar-refractivity contribution in [3.8, 4) is 5.75 Å². The minimum atomic E-state index is -1.25. The molecule has 0 aromatic heterocycles. The van der Waals surface area contributed by atoms with E-state index in [2.05, 4.69) is 0 Å². The first kappa shape index (κ1) is 10.5. The lowest BCUT2D eigenvalue weighted by molar-refractivity contribution is 0.0696. The topological polar surface area (TPSA) is 74.6 Å². The molecule has 0 bridgehead atoms. The van der Waals surface area contributed by atoms with Crippen LogP contribution in [0.3, 0.4) is 0 Å². The summed E-state index contributed by atoms with van der Waals surface area (Å²) >= 11 is 5.55. The lowest BCUT2D eigenvalue weighted by atomic mass is 10.1. The van der Waals surface area contributed by atoms with E-state index >= 15 is 0 Å². The summed E-state index contributed by atoms with van der Waals surface area (Å²) in [7, 11) is 0. The van der Waals surface area contributed by atoms with Crippen molar-refractivity contribution in [1.82, 2.24) is 0 Å². The third kappa shape index (κ3) is 1.70. The Hall–Kier alpha value is -1.55. The Bertz CT molecular complexity index is 373. The smallest absolute Gasteiger partial charge is 0.337 e. The second kappa shape index (κ2) is 3.67. The van der Waals surface area contributed by atoms with Crippen LogP contribution in [0.25, 0.3) is 0 Å². The first-order valence-electron chi connectivity index (χ1n) is 3.71. The van der Waals surface area contributed by atoms with Gasteiger partial charge in [-0.25, -0.2) is 4.79 Å². The Labute approximate surface area is 84.7 Å². The van der Waals surface area contributed by atoms with Gasteiger partial charge in [-0.05, 0) is 19.1 Å². The summed E-state index contributed by atoms with van der Waals surface area (Å²) in [5.41, 5.74) is -0.214. The molecule has 0 aliphatic heterocycles. The van der Waals surface area contributed by atoms with E-state index in [-0.39, 0.29) is 21.9 Å². The average molecular weight is 215 g/mol. The lowest BCUT2D eigenvalue weighted by Crippen LogP contribution is -2.00. The van der Waals surface area contributed by atoms with Gasteiger partial charge in [0.1, 0.15) is 5.75 Å². The Kier molecular flexibility index (Phi) is 2.76. The number of Topliss-reactive ketones (excluding diaryl/α,β-unsaturated/α-hetero) is 1. The van der Waals surface area contributed by atoms with Crippen LogP contribution < -0.4 is 0 Å². The van der Waals surface area contributed by atoms with Crippen molar-refractivity contribution >= 4 is 23.4 Å². The number of carbonyl (C=O) groups is 2. The Morgan fingerprint density at radius 1 is 1.29 bits per heavy atom. The van der Waals surface area contributed by atoms with Gasteiger partial charge in [-0.15, -0.1) is 0 Å². The van der Waals surface area contributed by atoms with Gasteiger partial charge in [0.15, 0.2) is 5.78 Å². The van der Waals surface area contributed by atoms with Gasteiger partial charge < -0.3 is 10.2 Å². The molecule has 0 amide bonds. The summed E-state index contributed by atoms with van der Waals surface area (Å²) in [6.07, 6.45) is 0. The molecule has 0 aliphatic rings. The quantitative estimate of drug-likeness (QED) is 0.738. The number of hydrogen-bond donors (Lipinski definition) is 2. The van der Waals surface area contributed by atoms with Crippen LogP contribution in [0.15, 0.2) is 12.1 Å². The molecule has 74 valence electrons. The number of benzene rings is 1. The summed E-state index contributed by atoms with van der Waals surface area (Å²) < 4.78 is 0. The van der Waals surface area contributed by atoms with Gasteiger partial charge in [0.25, 0.3) is 0 Å². The van der Waals surface area contributed by atoms with Crippen LogP contribution in [-0.4, -0.2) is 22.0 Å². The number of phenolic OH excluding ortho intramolecular Hbond substituents is 1. The van der Waals surface area contributed by atoms with Crippen molar-refractivity contribution in [3.05, 3.63) is 28.3 Å². The number of ketones is 1. The molecule has 0 fully saturated rings. The predicted molar refractivity (Wildman–Crippen MR) is 50.1 cm³/mol. The molecule has 0 radical (unpaired) electrons. The molecule has 1 rings (SSSR count). The van der Waals surface area contributed by atoms with Crippen LogP contribution in [-0.2, 0) is 0 Å². The summed E-state index contributed by atoms with van der Waals surface area (Å²) in [6.45, 7) is 1.26. The fraction of sp³-hybridized carbons (Fsp3) is 0.111. The molecule has 0 spiro atoms. The first-order valence-corrected chi connectivity index (χ1v) is 4.08. The lowest BCUT2D eigenvalue weighted by Gasteiger charge is -2.04. The highest BCUT2D eigenvalue weighted by Gasteiger charge is 2.17. The van der Waals surface area contributed by atoms with Gasteiger partial charge in [0, 0.05) is 0 Å². The van der Waals surface area contributed by atoms with Crippen molar-refractivity contribution < 1.29 is 19.8 Å². The van der Waals surface area contributed by atoms with E-state index in [9.17, 15) is 14.7 Å². The van der Waals surface area contributed by atoms with Gasteiger partial charge in [0.2, 0.25) is 0 Å². The number of carbonyl (C=O) groups excluding carboxylic acids is 1. The molecule has 0 heterocycles. The molecule has 4 nitrogen and oxygen atoms in total. The maximum Gasteiger partial charge on any atom is 0.337 e. The second-order valence-electron chi connectivity index (χ2n) is 2.68. The van der Waals surface area contributed by atoms with Crippen molar-refractivity contribution in [1.29, 1.82) is 0 Å². The zero-order valence-corrected chi connectivity index (χ0v) is 8.00. The highest BCUT2D eigenvalue weighted by molar-refractivity contribution is 6.35. The number of carboxylic acids is 1. The number of aromatic carboxylic acids is 1. The molecule has 0 saturated carbocycles. The highest BCUT2D eigenvalue weighted by Crippen LogP contribution is 2.31. The molecule has 0 unspecified atom stereocenters. The maximum absolute atomic E-state index is 10.9. The van der Waals surface area contributed by atoms with Crippen LogP contribution in [0.5, 0.6) is 5.75 Å². The van der Waals surface area contributed by atoms with Gasteiger partial charge >= 0.3 is 5.97 Å². The monoisotopic (exact) mass is 214 g/mol. The first-order chi connectivity index (χ1) is 6.45. The van der Waals surface area contributed by atoms with E-state index in [0.717, 1.165) is 0 Å². The van der Waals surface area contributed by atoms with Crippen molar-refractivity contribution in [2.45, 2.75) is 6.92 Å². The van der Waals surface area contributed by atoms with Crippen molar-refractivity contribution in [3.63, 3.8) is 0 Å². The third-order valence-electron chi connectivity index (χ3n) is 1.73. The number of rotatable bonds is 2. The zero-order valence-electron chi connectivity index (χ0n) is 7.24. The maximum atomic E-state index is 10.9. The third-order valence-corrected chi connectivity index (χ3v) is 2.11. The van der Waals surface area contributed by atoms with Crippen LogP contribution in [0.4, 0.5) is 0 Å². The van der Waals surface area contributed by atoms with E-state index in [1.54, 1.807) is 0 Å². The molecule has 0 aliphatic carbocycles. The largest absolute Gasteiger partial charge is 0.506 e. The van der Waals surface area contributed by atoms with Gasteiger partial charge in [-0.3, -0.25) is 4.79 Å². The van der Waals surface area contributed by atoms with E-state index < -0.39 is 11.7 Å².